The summed E-state index contributed by atoms with van der Waals surface area (Å²) in [4.78, 5) is 1.84. The molecule has 1 saturated heterocycles. The molecule has 1 aliphatic heterocycles. The SMILES string of the molecule is FC(F)CN1CCCC(COc2ccc(I)cc2)C1. The predicted octanol–water partition coefficient (Wildman–Crippen LogP) is 3.65. The van der Waals surface area contributed by atoms with Crippen molar-refractivity contribution < 1.29 is 13.5 Å². The summed E-state index contributed by atoms with van der Waals surface area (Å²) < 4.78 is 31.6. The number of benzene rings is 1. The van der Waals surface area contributed by atoms with Crippen LogP contribution in [0.5, 0.6) is 5.75 Å². The van der Waals surface area contributed by atoms with E-state index in [9.17, 15) is 8.78 Å². The van der Waals surface area contributed by atoms with Crippen LogP contribution in [-0.2, 0) is 0 Å². The van der Waals surface area contributed by atoms with Crippen LogP contribution in [0.15, 0.2) is 24.3 Å². The van der Waals surface area contributed by atoms with E-state index in [0.29, 0.717) is 19.1 Å². The molecule has 1 atom stereocenters. The summed E-state index contributed by atoms with van der Waals surface area (Å²) in [5, 5.41) is 0. The zero-order valence-corrected chi connectivity index (χ0v) is 12.9. The fraction of sp³-hybridized carbons (Fsp3) is 0.571. The van der Waals surface area contributed by atoms with Crippen molar-refractivity contribution in [3.63, 3.8) is 0 Å². The molecule has 19 heavy (non-hydrogen) atoms. The summed E-state index contributed by atoms with van der Waals surface area (Å²) in [5.74, 6) is 1.21. The fourth-order valence-corrected chi connectivity index (χ4v) is 2.75. The molecule has 1 heterocycles. The third-order valence-electron chi connectivity index (χ3n) is 3.30. The van der Waals surface area contributed by atoms with Crippen molar-refractivity contribution in [2.75, 3.05) is 26.2 Å². The molecule has 0 bridgehead atoms. The van der Waals surface area contributed by atoms with E-state index >= 15 is 0 Å². The molecule has 2 rings (SSSR count). The Balaban J connectivity index is 1.77. The van der Waals surface area contributed by atoms with Gasteiger partial charge in [0, 0.05) is 16.0 Å². The lowest BCUT2D eigenvalue weighted by molar-refractivity contribution is 0.0552. The molecule has 0 amide bonds. The van der Waals surface area contributed by atoms with E-state index < -0.39 is 6.43 Å². The minimum Gasteiger partial charge on any atom is -0.493 e. The first-order valence-electron chi connectivity index (χ1n) is 6.52. The van der Waals surface area contributed by atoms with Crippen LogP contribution in [-0.4, -0.2) is 37.6 Å². The standard InChI is InChI=1S/C14H18F2INO/c15-14(16)9-18-7-1-2-11(8-18)10-19-13-5-3-12(17)4-6-13/h3-6,11,14H,1-2,7-10H2. The Morgan fingerprint density at radius 1 is 1.32 bits per heavy atom. The Kier molecular flexibility index (Phi) is 5.81. The van der Waals surface area contributed by atoms with Gasteiger partial charge in [-0.05, 0) is 66.2 Å². The number of piperidine rings is 1. The van der Waals surface area contributed by atoms with Crippen molar-refractivity contribution in [1.29, 1.82) is 0 Å². The number of nitrogens with zero attached hydrogens (tertiary/aromatic N) is 1. The summed E-state index contributed by atoms with van der Waals surface area (Å²) in [6.45, 7) is 2.00. The minimum absolute atomic E-state index is 0.111. The highest BCUT2D eigenvalue weighted by Gasteiger charge is 2.22. The predicted molar refractivity (Wildman–Crippen MR) is 79.8 cm³/mol. The van der Waals surface area contributed by atoms with Gasteiger partial charge in [-0.25, -0.2) is 8.78 Å². The number of rotatable bonds is 5. The Hall–Kier alpha value is -0.430. The van der Waals surface area contributed by atoms with Gasteiger partial charge in [-0.1, -0.05) is 0 Å². The van der Waals surface area contributed by atoms with Crippen LogP contribution in [0.2, 0.25) is 0 Å². The van der Waals surface area contributed by atoms with E-state index in [1.807, 2.05) is 29.2 Å². The second kappa shape index (κ2) is 7.38. The minimum atomic E-state index is -2.24. The summed E-state index contributed by atoms with van der Waals surface area (Å²) in [6.07, 6.45) is -0.201. The summed E-state index contributed by atoms with van der Waals surface area (Å²) >= 11 is 2.25. The number of halogens is 3. The monoisotopic (exact) mass is 381 g/mol. The van der Waals surface area contributed by atoms with Gasteiger partial charge in [0.25, 0.3) is 6.43 Å². The molecule has 0 radical (unpaired) electrons. The maximum Gasteiger partial charge on any atom is 0.251 e. The molecule has 0 aliphatic carbocycles. The van der Waals surface area contributed by atoms with Gasteiger partial charge < -0.3 is 4.74 Å². The maximum atomic E-state index is 12.4. The third kappa shape index (κ3) is 5.22. The van der Waals surface area contributed by atoms with Gasteiger partial charge in [0.1, 0.15) is 5.75 Å². The first-order valence-corrected chi connectivity index (χ1v) is 7.60. The average molecular weight is 381 g/mol. The van der Waals surface area contributed by atoms with Gasteiger partial charge in [0.2, 0.25) is 0 Å². The second-order valence-corrected chi connectivity index (χ2v) is 6.17. The van der Waals surface area contributed by atoms with Crippen molar-refractivity contribution >= 4 is 22.6 Å². The largest absolute Gasteiger partial charge is 0.493 e. The van der Waals surface area contributed by atoms with E-state index in [-0.39, 0.29) is 6.54 Å². The quantitative estimate of drug-likeness (QED) is 0.723. The van der Waals surface area contributed by atoms with Crippen LogP contribution < -0.4 is 4.74 Å². The molecule has 2 nitrogen and oxygen atoms in total. The van der Waals surface area contributed by atoms with Gasteiger partial charge in [0.15, 0.2) is 0 Å². The van der Waals surface area contributed by atoms with Crippen LogP contribution in [0, 0.1) is 9.49 Å². The fourth-order valence-electron chi connectivity index (χ4n) is 2.39. The molecule has 1 unspecified atom stereocenters. The lowest BCUT2D eigenvalue weighted by atomic mass is 9.99. The molecule has 0 N–H and O–H groups in total. The Labute approximate surface area is 126 Å². The molecule has 0 aromatic heterocycles. The maximum absolute atomic E-state index is 12.4. The van der Waals surface area contributed by atoms with Crippen molar-refractivity contribution in [1.82, 2.24) is 4.90 Å². The summed E-state index contributed by atoms with van der Waals surface area (Å²) in [6, 6.07) is 7.89. The Bertz CT molecular complexity index is 386. The van der Waals surface area contributed by atoms with E-state index in [1.54, 1.807) is 0 Å². The Morgan fingerprint density at radius 3 is 2.74 bits per heavy atom. The van der Waals surface area contributed by atoms with E-state index in [0.717, 1.165) is 25.1 Å². The first-order chi connectivity index (χ1) is 9.13. The van der Waals surface area contributed by atoms with E-state index in [1.165, 1.54) is 3.57 Å². The smallest absolute Gasteiger partial charge is 0.251 e. The molecule has 1 aromatic carbocycles. The highest BCUT2D eigenvalue weighted by Crippen LogP contribution is 2.20. The highest BCUT2D eigenvalue weighted by atomic mass is 127. The van der Waals surface area contributed by atoms with Gasteiger partial charge in [-0.2, -0.15) is 0 Å². The molecule has 106 valence electrons. The normalized spacial score (nSPS) is 20.7. The average Bonchev–Trinajstić information content (AvgIpc) is 2.38. The van der Waals surface area contributed by atoms with Gasteiger partial charge in [-0.3, -0.25) is 4.90 Å². The van der Waals surface area contributed by atoms with Crippen molar-refractivity contribution in [2.24, 2.45) is 5.92 Å². The number of hydrogen-bond acceptors (Lipinski definition) is 2. The zero-order chi connectivity index (χ0) is 13.7. The molecular formula is C14H18F2INO. The Morgan fingerprint density at radius 2 is 2.05 bits per heavy atom. The van der Waals surface area contributed by atoms with E-state index in [4.69, 9.17) is 4.74 Å². The zero-order valence-electron chi connectivity index (χ0n) is 10.7. The number of ether oxygens (including phenoxy) is 1. The van der Waals surface area contributed by atoms with Crippen molar-refractivity contribution in [3.8, 4) is 5.75 Å². The molecule has 0 saturated carbocycles. The van der Waals surface area contributed by atoms with Crippen molar-refractivity contribution in [3.05, 3.63) is 27.8 Å². The molecule has 1 aliphatic rings. The highest BCUT2D eigenvalue weighted by molar-refractivity contribution is 14.1. The molecular weight excluding hydrogens is 363 g/mol. The number of alkyl halides is 2. The number of hydrogen-bond donors (Lipinski definition) is 0. The molecule has 1 aromatic rings. The van der Waals surface area contributed by atoms with Gasteiger partial charge in [0.05, 0.1) is 13.2 Å². The van der Waals surface area contributed by atoms with Crippen molar-refractivity contribution in [2.45, 2.75) is 19.3 Å². The van der Waals surface area contributed by atoms with Gasteiger partial charge in [-0.15, -0.1) is 0 Å². The molecule has 1 fully saturated rings. The topological polar surface area (TPSA) is 12.5 Å². The van der Waals surface area contributed by atoms with Crippen LogP contribution in [0.3, 0.4) is 0 Å². The first kappa shape index (κ1) is 15.0. The third-order valence-corrected chi connectivity index (χ3v) is 4.02. The van der Waals surface area contributed by atoms with Crippen LogP contribution in [0.4, 0.5) is 8.78 Å². The summed E-state index contributed by atoms with van der Waals surface area (Å²) in [5.41, 5.74) is 0. The lowest BCUT2D eigenvalue weighted by Crippen LogP contribution is -2.40. The van der Waals surface area contributed by atoms with Crippen LogP contribution in [0.1, 0.15) is 12.8 Å². The van der Waals surface area contributed by atoms with Crippen LogP contribution >= 0.6 is 22.6 Å². The summed E-state index contributed by atoms with van der Waals surface area (Å²) in [7, 11) is 0. The number of likely N-dealkylation sites (tertiary alicyclic amines) is 1. The molecule has 5 heteroatoms. The molecule has 0 spiro atoms. The lowest BCUT2D eigenvalue weighted by Gasteiger charge is -2.32. The van der Waals surface area contributed by atoms with E-state index in [2.05, 4.69) is 22.6 Å². The van der Waals surface area contributed by atoms with Gasteiger partial charge >= 0.3 is 0 Å². The van der Waals surface area contributed by atoms with Crippen LogP contribution in [0.25, 0.3) is 0 Å². The second-order valence-electron chi connectivity index (χ2n) is 4.92.